The number of fused-ring (bicyclic) bond motifs is 4. The van der Waals surface area contributed by atoms with Gasteiger partial charge in [-0.3, -0.25) is 9.69 Å². The molecule has 1 fully saturated rings. The number of amides is 1. The number of ether oxygens (including phenoxy) is 2. The average molecular weight is 559 g/mol. The van der Waals surface area contributed by atoms with E-state index < -0.39 is 11.6 Å². The van der Waals surface area contributed by atoms with Crippen LogP contribution in [0, 0.1) is 5.92 Å². The Morgan fingerprint density at radius 2 is 1.88 bits per heavy atom. The molecule has 3 aromatic carbocycles. The Kier molecular flexibility index (Phi) is 5.91. The van der Waals surface area contributed by atoms with Crippen LogP contribution in [0.25, 0.3) is 0 Å². The topological polar surface area (TPSA) is 62.8 Å². The van der Waals surface area contributed by atoms with Gasteiger partial charge in [0.1, 0.15) is 17.4 Å². The van der Waals surface area contributed by atoms with E-state index in [1.165, 1.54) is 0 Å². The number of nitrogens with zero attached hydrogens (tertiary/aromatic N) is 1. The van der Waals surface area contributed by atoms with Crippen molar-refractivity contribution in [1.29, 1.82) is 0 Å². The molecule has 3 atom stereocenters. The predicted octanol–water partition coefficient (Wildman–Crippen LogP) is 5.91. The van der Waals surface area contributed by atoms with Crippen LogP contribution in [-0.4, -0.2) is 23.9 Å². The van der Waals surface area contributed by atoms with Gasteiger partial charge in [0.15, 0.2) is 10.8 Å². The van der Waals surface area contributed by atoms with Gasteiger partial charge >= 0.3 is 0 Å². The SMILES string of the molecule is COc1ccc(N2C(=S)N[C@H]3c4cc(Br)ccc4O[C@@]2(C)[C@H]3C(=O)Nc2ccc(Cl)cc2)cc1. The van der Waals surface area contributed by atoms with Crippen LogP contribution < -0.4 is 25.0 Å². The van der Waals surface area contributed by atoms with Crippen LogP contribution >= 0.6 is 39.7 Å². The van der Waals surface area contributed by atoms with Gasteiger partial charge in [0.25, 0.3) is 0 Å². The van der Waals surface area contributed by atoms with E-state index in [0.717, 1.165) is 21.5 Å². The van der Waals surface area contributed by atoms with Crippen molar-refractivity contribution in [3.63, 3.8) is 0 Å². The van der Waals surface area contributed by atoms with Crippen LogP contribution in [0.5, 0.6) is 11.5 Å². The normalized spacial score (nSPS) is 22.8. The van der Waals surface area contributed by atoms with Crippen molar-refractivity contribution in [1.82, 2.24) is 5.32 Å². The minimum atomic E-state index is -1.10. The lowest BCUT2D eigenvalue weighted by atomic mass is 9.78. The number of carbonyl (C=O) groups is 1. The van der Waals surface area contributed by atoms with Gasteiger partial charge in [-0.05, 0) is 85.9 Å². The lowest BCUT2D eigenvalue weighted by Crippen LogP contribution is -2.72. The number of hydrogen-bond donors (Lipinski definition) is 2. The van der Waals surface area contributed by atoms with Gasteiger partial charge in [-0.15, -0.1) is 0 Å². The average Bonchev–Trinajstić information content (AvgIpc) is 2.81. The van der Waals surface area contributed by atoms with Gasteiger partial charge in [-0.2, -0.15) is 0 Å². The maximum absolute atomic E-state index is 13.8. The summed E-state index contributed by atoms with van der Waals surface area (Å²) in [5.74, 6) is 0.576. The molecule has 1 saturated heterocycles. The molecular formula is C25H21BrClN3O3S. The molecular weight excluding hydrogens is 538 g/mol. The second kappa shape index (κ2) is 8.76. The minimum Gasteiger partial charge on any atom is -0.497 e. The molecule has 174 valence electrons. The van der Waals surface area contributed by atoms with Crippen LogP contribution in [0.15, 0.2) is 71.2 Å². The summed E-state index contributed by atoms with van der Waals surface area (Å²) in [6.45, 7) is 1.90. The summed E-state index contributed by atoms with van der Waals surface area (Å²) in [6.07, 6.45) is 0. The third kappa shape index (κ3) is 3.89. The summed E-state index contributed by atoms with van der Waals surface area (Å²) in [5.41, 5.74) is 1.19. The number of nitrogens with one attached hydrogen (secondary N) is 2. The van der Waals surface area contributed by atoms with E-state index in [-0.39, 0.29) is 11.9 Å². The molecule has 0 radical (unpaired) electrons. The van der Waals surface area contributed by atoms with Crippen molar-refractivity contribution in [3.8, 4) is 11.5 Å². The Hall–Kier alpha value is -2.81. The minimum absolute atomic E-state index is 0.200. The fourth-order valence-electron chi connectivity index (χ4n) is 4.63. The molecule has 2 N–H and O–H groups in total. The molecule has 2 aliphatic heterocycles. The van der Waals surface area contributed by atoms with Crippen LogP contribution in [0.1, 0.15) is 18.5 Å². The third-order valence-electron chi connectivity index (χ3n) is 6.18. The largest absolute Gasteiger partial charge is 0.497 e. The molecule has 0 unspecified atom stereocenters. The number of methoxy groups -OCH3 is 1. The van der Waals surface area contributed by atoms with E-state index in [4.69, 9.17) is 33.3 Å². The summed E-state index contributed by atoms with van der Waals surface area (Å²) in [6, 6.07) is 19.9. The highest BCUT2D eigenvalue weighted by Gasteiger charge is 2.59. The monoisotopic (exact) mass is 557 g/mol. The van der Waals surface area contributed by atoms with Gasteiger partial charge in [-0.25, -0.2) is 0 Å². The van der Waals surface area contributed by atoms with Gasteiger partial charge in [-0.1, -0.05) is 27.5 Å². The first-order valence-corrected chi connectivity index (χ1v) is 12.2. The summed E-state index contributed by atoms with van der Waals surface area (Å²) in [7, 11) is 1.62. The number of thiocarbonyl (C=S) groups is 1. The van der Waals surface area contributed by atoms with Gasteiger partial charge in [0.2, 0.25) is 5.91 Å². The molecule has 0 aromatic heterocycles. The smallest absolute Gasteiger partial charge is 0.236 e. The summed E-state index contributed by atoms with van der Waals surface area (Å²) >= 11 is 15.3. The lowest BCUT2D eigenvalue weighted by Gasteiger charge is -2.56. The Bertz CT molecular complexity index is 1270. The van der Waals surface area contributed by atoms with Gasteiger partial charge in [0.05, 0.1) is 13.2 Å². The van der Waals surface area contributed by atoms with E-state index in [1.807, 2.05) is 54.3 Å². The zero-order chi connectivity index (χ0) is 24.0. The molecule has 2 heterocycles. The van der Waals surface area contributed by atoms with E-state index >= 15 is 0 Å². The van der Waals surface area contributed by atoms with Gasteiger partial charge in [0, 0.05) is 26.4 Å². The predicted molar refractivity (Wildman–Crippen MR) is 141 cm³/mol. The van der Waals surface area contributed by atoms with Crippen molar-refractivity contribution < 1.29 is 14.3 Å². The van der Waals surface area contributed by atoms with E-state index in [9.17, 15) is 4.79 Å². The molecule has 3 aromatic rings. The number of carbonyl (C=O) groups excluding carboxylic acids is 1. The van der Waals surface area contributed by atoms with Crippen molar-refractivity contribution >= 4 is 62.1 Å². The third-order valence-corrected chi connectivity index (χ3v) is 7.23. The fraction of sp³-hybridized carbons (Fsp3) is 0.200. The van der Waals surface area contributed by atoms with Gasteiger partial charge < -0.3 is 20.1 Å². The molecule has 34 heavy (non-hydrogen) atoms. The van der Waals surface area contributed by atoms with Crippen molar-refractivity contribution in [2.45, 2.75) is 18.7 Å². The molecule has 0 aliphatic carbocycles. The summed E-state index contributed by atoms with van der Waals surface area (Å²) in [5, 5.41) is 7.49. The van der Waals surface area contributed by atoms with Crippen molar-refractivity contribution in [3.05, 3.63) is 81.8 Å². The number of halogens is 2. The Balaban J connectivity index is 1.60. The zero-order valence-electron chi connectivity index (χ0n) is 18.3. The van der Waals surface area contributed by atoms with Crippen molar-refractivity contribution in [2.75, 3.05) is 17.3 Å². The lowest BCUT2D eigenvalue weighted by molar-refractivity contribution is -0.130. The molecule has 5 rings (SSSR count). The highest BCUT2D eigenvalue weighted by Crippen LogP contribution is 2.50. The maximum Gasteiger partial charge on any atom is 0.236 e. The Labute approximate surface area is 216 Å². The first-order valence-electron chi connectivity index (χ1n) is 10.6. The highest BCUT2D eigenvalue weighted by molar-refractivity contribution is 9.10. The Morgan fingerprint density at radius 3 is 2.56 bits per heavy atom. The molecule has 1 amide bonds. The highest BCUT2D eigenvalue weighted by atomic mass is 79.9. The molecule has 0 spiro atoms. The molecule has 2 bridgehead atoms. The van der Waals surface area contributed by atoms with Crippen LogP contribution in [0.3, 0.4) is 0 Å². The first-order chi connectivity index (χ1) is 16.3. The molecule has 9 heteroatoms. The standard InChI is InChI=1S/C25H21BrClN3O3S/c1-25-21(23(31)28-16-6-4-15(27)5-7-16)22(19-13-14(26)3-12-20(19)33-25)29-24(34)30(25)17-8-10-18(32-2)11-9-17/h3-13,21-22H,1-2H3,(H,28,31)(H,29,34)/t21-,22+,25+/m1/s1. The quantitative estimate of drug-likeness (QED) is 0.388. The number of anilines is 2. The van der Waals surface area contributed by atoms with E-state index in [0.29, 0.717) is 21.6 Å². The molecule has 2 aliphatic rings. The van der Waals surface area contributed by atoms with Crippen LogP contribution in [0.2, 0.25) is 5.02 Å². The summed E-state index contributed by atoms with van der Waals surface area (Å²) < 4.78 is 12.8. The Morgan fingerprint density at radius 1 is 1.18 bits per heavy atom. The summed E-state index contributed by atoms with van der Waals surface area (Å²) in [4.78, 5) is 15.6. The second-order valence-electron chi connectivity index (χ2n) is 8.27. The molecule has 6 nitrogen and oxygen atoms in total. The van der Waals surface area contributed by atoms with Crippen molar-refractivity contribution in [2.24, 2.45) is 5.92 Å². The zero-order valence-corrected chi connectivity index (χ0v) is 21.5. The van der Waals surface area contributed by atoms with Crippen LogP contribution in [-0.2, 0) is 4.79 Å². The second-order valence-corrected chi connectivity index (χ2v) is 10.0. The number of rotatable bonds is 4. The van der Waals surface area contributed by atoms with E-state index in [1.54, 1.807) is 31.4 Å². The molecule has 0 saturated carbocycles. The first kappa shape index (κ1) is 23.0. The number of benzene rings is 3. The number of hydrogen-bond acceptors (Lipinski definition) is 4. The van der Waals surface area contributed by atoms with Crippen LogP contribution in [0.4, 0.5) is 11.4 Å². The maximum atomic E-state index is 13.8. The van der Waals surface area contributed by atoms with E-state index in [2.05, 4.69) is 26.6 Å². The fourth-order valence-corrected chi connectivity index (χ4v) is 5.55.